The van der Waals surface area contributed by atoms with Gasteiger partial charge in [0.1, 0.15) is 0 Å². The molecule has 7 heteroatoms. The first-order valence-electron chi connectivity index (χ1n) is 12.4. The van der Waals surface area contributed by atoms with Crippen molar-refractivity contribution in [3.63, 3.8) is 0 Å². The maximum absolute atomic E-state index is 13.2. The first kappa shape index (κ1) is 28.8. The fraction of sp³-hybridized carbons (Fsp3) is 0.846. The molecule has 0 aliphatic carbocycles. The minimum atomic E-state index is -2.28. The normalized spacial score (nSPS) is 39.5. The summed E-state index contributed by atoms with van der Waals surface area (Å²) in [6, 6.07) is 0. The van der Waals surface area contributed by atoms with E-state index in [4.69, 9.17) is 9.47 Å². The quantitative estimate of drug-likeness (QED) is 0.289. The fourth-order valence-corrected chi connectivity index (χ4v) is 9.50. The molecule has 2 rings (SSSR count). The van der Waals surface area contributed by atoms with E-state index in [-0.39, 0.29) is 35.9 Å². The van der Waals surface area contributed by atoms with E-state index in [0.29, 0.717) is 6.42 Å². The molecule has 0 aromatic heterocycles. The van der Waals surface area contributed by atoms with Crippen LogP contribution in [0.3, 0.4) is 0 Å². The third-order valence-electron chi connectivity index (χ3n) is 7.58. The number of carbonyl (C=O) groups is 2. The maximum atomic E-state index is 13.2. The van der Waals surface area contributed by atoms with Gasteiger partial charge in [0.25, 0.3) is 0 Å². The van der Waals surface area contributed by atoms with Crippen molar-refractivity contribution in [2.75, 3.05) is 0 Å². The van der Waals surface area contributed by atoms with Crippen molar-refractivity contribution in [3.05, 3.63) is 9.67 Å². The molecule has 7 atom stereocenters. The number of Topliss-reactive ketones (excluding diaryl/α,β-unsaturated/α-hetero) is 1. The van der Waals surface area contributed by atoms with Crippen LogP contribution in [0.1, 0.15) is 73.6 Å². The van der Waals surface area contributed by atoms with Crippen molar-refractivity contribution in [2.45, 2.75) is 118 Å². The average molecular weight is 573 g/mol. The zero-order valence-corrected chi connectivity index (χ0v) is 25.0. The summed E-state index contributed by atoms with van der Waals surface area (Å²) < 4.78 is 14.3. The molecule has 0 aromatic carbocycles. The summed E-state index contributed by atoms with van der Waals surface area (Å²) in [5, 5.41) is 21.6. The van der Waals surface area contributed by atoms with Crippen molar-refractivity contribution in [3.8, 4) is 0 Å². The topological polar surface area (TPSA) is 96.4 Å². The van der Waals surface area contributed by atoms with Gasteiger partial charge in [0, 0.05) is 0 Å². The molecular weight excluding hydrogens is 527 g/mol. The first-order valence-corrected chi connectivity index (χ1v) is 22.7. The first-order chi connectivity index (χ1) is 15.0. The Balaban J connectivity index is 2.32. The molecule has 2 N–H and O–H groups in total. The molecule has 2 heterocycles. The Kier molecular flexibility index (Phi) is 9.31. The molecule has 0 amide bonds. The van der Waals surface area contributed by atoms with Crippen LogP contribution < -0.4 is 0 Å². The van der Waals surface area contributed by atoms with Gasteiger partial charge in [-0.3, -0.25) is 0 Å². The molecule has 190 valence electrons. The van der Waals surface area contributed by atoms with E-state index in [1.165, 1.54) is 0 Å². The van der Waals surface area contributed by atoms with Gasteiger partial charge in [-0.1, -0.05) is 0 Å². The van der Waals surface area contributed by atoms with Crippen molar-refractivity contribution in [2.24, 2.45) is 17.3 Å². The zero-order chi connectivity index (χ0) is 25.4. The minimum absolute atomic E-state index is 0.0174. The molecule has 6 nitrogen and oxygen atoms in total. The van der Waals surface area contributed by atoms with Gasteiger partial charge in [0.15, 0.2) is 0 Å². The van der Waals surface area contributed by atoms with Crippen LogP contribution in [0.2, 0.25) is 14.8 Å². The number of ketones is 1. The number of aliphatic hydroxyl groups excluding tert-OH is 2. The number of hydrogen-bond donors (Lipinski definition) is 2. The molecule has 0 spiro atoms. The van der Waals surface area contributed by atoms with E-state index in [0.717, 1.165) is 24.8 Å². The van der Waals surface area contributed by atoms with Gasteiger partial charge < -0.3 is 0 Å². The molecule has 2 fully saturated rings. The van der Waals surface area contributed by atoms with E-state index < -0.39 is 47.9 Å². The molecule has 2 aliphatic rings. The van der Waals surface area contributed by atoms with Gasteiger partial charge >= 0.3 is 205 Å². The third-order valence-corrected chi connectivity index (χ3v) is 11.3. The van der Waals surface area contributed by atoms with Crippen LogP contribution in [0, 0.1) is 17.3 Å². The molecule has 0 aromatic rings. The number of aliphatic hydroxyl groups is 2. The number of ether oxygens (including phenoxy) is 2. The molecule has 0 unspecified atom stereocenters. The number of hydrogen-bond acceptors (Lipinski definition) is 6. The molecule has 2 saturated heterocycles. The Morgan fingerprint density at radius 2 is 1.73 bits per heavy atom. The van der Waals surface area contributed by atoms with Crippen LogP contribution in [0.15, 0.2) is 9.67 Å². The number of rotatable bonds is 2. The number of cyclic esters (lactones) is 1. The SMILES string of the molecule is C/C(=[CH]/[Sn]([CH3])([CH3])[CH3])[C@H]1C[C@@H]2O[C@]2(C)CCC[C@H](C)[C@H](O)[C@H](C)C(=O)C(C)(C)[C@H](O)CC(=O)O1. The van der Waals surface area contributed by atoms with Crippen LogP contribution >= 0.6 is 0 Å². The molecule has 0 saturated carbocycles. The van der Waals surface area contributed by atoms with Crippen molar-refractivity contribution < 1.29 is 29.3 Å². The van der Waals surface area contributed by atoms with Gasteiger partial charge in [-0.25, -0.2) is 0 Å². The predicted molar refractivity (Wildman–Crippen MR) is 132 cm³/mol. The molecular formula is C26H46O6Sn. The van der Waals surface area contributed by atoms with Gasteiger partial charge in [-0.05, 0) is 0 Å². The van der Waals surface area contributed by atoms with E-state index in [1.54, 1.807) is 20.8 Å². The van der Waals surface area contributed by atoms with Crippen molar-refractivity contribution >= 4 is 30.1 Å². The molecule has 0 bridgehead atoms. The standard InChI is InChI=1S/C23H37O6.3CH3.Sn/c1-13(2)16-11-18-23(7,29-18)10-8-9-14(3)20(26)15(4)21(27)22(5,6)17(24)12-19(25)28-16;;;;/h1,14-18,20,24,26H,8-12H2,2-7H3;3*1H3;/t14-,15-,16+,17+,18-,20-,23+;;;;/m0..../s1. The summed E-state index contributed by atoms with van der Waals surface area (Å²) in [6.45, 7) is 11.1. The molecule has 33 heavy (non-hydrogen) atoms. The van der Waals surface area contributed by atoms with Gasteiger partial charge in [0.05, 0.1) is 0 Å². The Morgan fingerprint density at radius 1 is 1.12 bits per heavy atom. The number of esters is 1. The van der Waals surface area contributed by atoms with Gasteiger partial charge in [0.2, 0.25) is 0 Å². The summed E-state index contributed by atoms with van der Waals surface area (Å²) in [5.41, 5.74) is -0.363. The van der Waals surface area contributed by atoms with Crippen molar-refractivity contribution in [1.82, 2.24) is 0 Å². The van der Waals surface area contributed by atoms with E-state index in [1.807, 2.05) is 13.8 Å². The molecule has 2 aliphatic heterocycles. The summed E-state index contributed by atoms with van der Waals surface area (Å²) in [4.78, 5) is 33.0. The summed E-state index contributed by atoms with van der Waals surface area (Å²) in [6.07, 6.45) is 0.519. The Morgan fingerprint density at radius 3 is 2.30 bits per heavy atom. The second-order valence-corrected chi connectivity index (χ2v) is 26.7. The van der Waals surface area contributed by atoms with Gasteiger partial charge in [-0.15, -0.1) is 0 Å². The Bertz CT molecular complexity index is 754. The third kappa shape index (κ3) is 7.52. The molecule has 0 radical (unpaired) electrons. The van der Waals surface area contributed by atoms with E-state index in [2.05, 4.69) is 25.8 Å². The monoisotopic (exact) mass is 574 g/mol. The predicted octanol–water partition coefficient (Wildman–Crippen LogP) is 4.43. The van der Waals surface area contributed by atoms with Crippen LogP contribution in [0.5, 0.6) is 0 Å². The average Bonchev–Trinajstić information content (AvgIpc) is 3.32. The Hall–Kier alpha value is -0.441. The number of carbonyl (C=O) groups excluding carboxylic acids is 2. The second-order valence-electron chi connectivity index (χ2n) is 12.3. The summed E-state index contributed by atoms with van der Waals surface area (Å²) in [7, 11) is 0. The van der Waals surface area contributed by atoms with Crippen LogP contribution in [-0.4, -0.2) is 70.4 Å². The van der Waals surface area contributed by atoms with Crippen molar-refractivity contribution in [1.29, 1.82) is 0 Å². The second kappa shape index (κ2) is 10.7. The zero-order valence-electron chi connectivity index (χ0n) is 22.1. The summed E-state index contributed by atoms with van der Waals surface area (Å²) >= 11 is -2.28. The number of epoxide rings is 1. The fourth-order valence-electron chi connectivity index (χ4n) is 5.07. The van der Waals surface area contributed by atoms with Gasteiger partial charge in [-0.2, -0.15) is 0 Å². The van der Waals surface area contributed by atoms with Crippen LogP contribution in [-0.2, 0) is 19.1 Å². The van der Waals surface area contributed by atoms with Crippen LogP contribution in [0.25, 0.3) is 0 Å². The van der Waals surface area contributed by atoms with E-state index >= 15 is 0 Å². The van der Waals surface area contributed by atoms with E-state index in [9.17, 15) is 19.8 Å². The number of fused-ring (bicyclic) bond motifs is 1. The summed E-state index contributed by atoms with van der Waals surface area (Å²) in [5.74, 6) is -1.43. The Labute approximate surface area is 204 Å². The van der Waals surface area contributed by atoms with Crippen LogP contribution in [0.4, 0.5) is 0 Å².